The van der Waals surface area contributed by atoms with Crippen molar-refractivity contribution in [3.05, 3.63) is 65.2 Å². The number of methoxy groups -OCH3 is 1. The van der Waals surface area contributed by atoms with Crippen LogP contribution in [0.25, 0.3) is 0 Å². The number of aryl methyl sites for hydroxylation is 1. The quantitative estimate of drug-likeness (QED) is 0.838. The molecular weight excluding hydrogens is 352 g/mol. The second-order valence-electron chi connectivity index (χ2n) is 7.32. The van der Waals surface area contributed by atoms with E-state index in [0.717, 1.165) is 16.9 Å². The number of likely N-dealkylation sites (tertiary alicyclic amines) is 1. The molecule has 0 bridgehead atoms. The van der Waals surface area contributed by atoms with Crippen LogP contribution in [-0.2, 0) is 22.6 Å². The van der Waals surface area contributed by atoms with Crippen molar-refractivity contribution >= 4 is 11.8 Å². The molecule has 1 saturated heterocycles. The van der Waals surface area contributed by atoms with Gasteiger partial charge in [0.1, 0.15) is 5.75 Å². The fraction of sp³-hybridized carbons (Fsp3) is 0.391. The summed E-state index contributed by atoms with van der Waals surface area (Å²) in [6, 6.07) is 15.7. The van der Waals surface area contributed by atoms with Crippen molar-refractivity contribution < 1.29 is 14.3 Å². The van der Waals surface area contributed by atoms with Crippen LogP contribution in [0.5, 0.6) is 5.75 Å². The summed E-state index contributed by atoms with van der Waals surface area (Å²) in [7, 11) is 1.63. The standard InChI is InChI=1S/C23H28N2O3/c1-17-5-3-4-6-20(17)16-24-23(27)19-11-13-25(14-12-19)22(26)15-18-7-9-21(28-2)10-8-18/h3-10,19H,11-16H2,1-2H3,(H,24,27). The molecule has 5 heteroatoms. The molecule has 1 fully saturated rings. The molecule has 3 rings (SSSR count). The molecule has 2 amide bonds. The molecule has 0 aliphatic carbocycles. The molecular formula is C23H28N2O3. The van der Waals surface area contributed by atoms with Gasteiger partial charge in [-0.3, -0.25) is 9.59 Å². The van der Waals surface area contributed by atoms with Gasteiger partial charge in [0.25, 0.3) is 0 Å². The van der Waals surface area contributed by atoms with Gasteiger partial charge in [0.15, 0.2) is 0 Å². The molecule has 1 aliphatic rings. The molecule has 2 aromatic rings. The van der Waals surface area contributed by atoms with Crippen molar-refractivity contribution in [3.8, 4) is 5.75 Å². The Morgan fingerprint density at radius 1 is 1.07 bits per heavy atom. The summed E-state index contributed by atoms with van der Waals surface area (Å²) in [6.45, 7) is 3.88. The highest BCUT2D eigenvalue weighted by atomic mass is 16.5. The molecule has 148 valence electrons. The number of hydrogen-bond acceptors (Lipinski definition) is 3. The van der Waals surface area contributed by atoms with E-state index in [0.29, 0.717) is 38.9 Å². The zero-order valence-corrected chi connectivity index (χ0v) is 16.6. The summed E-state index contributed by atoms with van der Waals surface area (Å²) in [5.41, 5.74) is 3.30. The third-order valence-electron chi connectivity index (χ3n) is 5.45. The first kappa shape index (κ1) is 19.9. The van der Waals surface area contributed by atoms with Gasteiger partial charge in [-0.1, -0.05) is 36.4 Å². The number of hydrogen-bond donors (Lipinski definition) is 1. The number of amides is 2. The van der Waals surface area contributed by atoms with Gasteiger partial charge in [0.05, 0.1) is 13.5 Å². The van der Waals surface area contributed by atoms with Crippen LogP contribution in [0, 0.1) is 12.8 Å². The van der Waals surface area contributed by atoms with Crippen molar-refractivity contribution in [2.45, 2.75) is 32.7 Å². The van der Waals surface area contributed by atoms with Gasteiger partial charge in [-0.25, -0.2) is 0 Å². The average Bonchev–Trinajstić information content (AvgIpc) is 2.73. The molecule has 1 heterocycles. The molecule has 0 saturated carbocycles. The molecule has 1 N–H and O–H groups in total. The third kappa shape index (κ3) is 5.12. The summed E-state index contributed by atoms with van der Waals surface area (Å²) < 4.78 is 5.15. The normalized spacial score (nSPS) is 14.6. The summed E-state index contributed by atoms with van der Waals surface area (Å²) in [5.74, 6) is 0.970. The molecule has 0 atom stereocenters. The van der Waals surface area contributed by atoms with Crippen LogP contribution in [0.2, 0.25) is 0 Å². The highest BCUT2D eigenvalue weighted by molar-refractivity contribution is 5.81. The second-order valence-corrected chi connectivity index (χ2v) is 7.32. The predicted molar refractivity (Wildman–Crippen MR) is 109 cm³/mol. The summed E-state index contributed by atoms with van der Waals surface area (Å²) in [5, 5.41) is 3.05. The monoisotopic (exact) mass is 380 g/mol. The molecule has 0 unspecified atom stereocenters. The van der Waals surface area contributed by atoms with Gasteiger partial charge in [-0.2, -0.15) is 0 Å². The molecule has 0 aromatic heterocycles. The molecule has 0 radical (unpaired) electrons. The van der Waals surface area contributed by atoms with E-state index in [1.165, 1.54) is 5.56 Å². The van der Waals surface area contributed by atoms with Crippen LogP contribution in [0.3, 0.4) is 0 Å². The maximum Gasteiger partial charge on any atom is 0.226 e. The van der Waals surface area contributed by atoms with E-state index in [1.54, 1.807) is 7.11 Å². The Hall–Kier alpha value is -2.82. The van der Waals surface area contributed by atoms with Crippen LogP contribution in [0.4, 0.5) is 0 Å². The van der Waals surface area contributed by atoms with Crippen molar-refractivity contribution in [1.82, 2.24) is 10.2 Å². The minimum atomic E-state index is -0.0194. The van der Waals surface area contributed by atoms with Crippen LogP contribution in [0.1, 0.15) is 29.5 Å². The zero-order valence-electron chi connectivity index (χ0n) is 16.6. The Morgan fingerprint density at radius 3 is 2.39 bits per heavy atom. The first-order chi connectivity index (χ1) is 13.6. The molecule has 5 nitrogen and oxygen atoms in total. The fourth-order valence-electron chi connectivity index (χ4n) is 3.56. The summed E-state index contributed by atoms with van der Waals surface area (Å²) in [4.78, 5) is 26.9. The largest absolute Gasteiger partial charge is 0.497 e. The van der Waals surface area contributed by atoms with Crippen LogP contribution in [0.15, 0.2) is 48.5 Å². The lowest BCUT2D eigenvalue weighted by Crippen LogP contribution is -2.43. The summed E-state index contributed by atoms with van der Waals surface area (Å²) >= 11 is 0. The minimum Gasteiger partial charge on any atom is -0.497 e. The van der Waals surface area contributed by atoms with Crippen molar-refractivity contribution in [1.29, 1.82) is 0 Å². The third-order valence-corrected chi connectivity index (χ3v) is 5.45. The molecule has 0 spiro atoms. The van der Waals surface area contributed by atoms with E-state index in [2.05, 4.69) is 18.3 Å². The molecule has 1 aliphatic heterocycles. The maximum absolute atomic E-state index is 12.5. The average molecular weight is 380 g/mol. The number of carbonyl (C=O) groups is 2. The maximum atomic E-state index is 12.5. The predicted octanol–water partition coefficient (Wildman–Crippen LogP) is 3.10. The minimum absolute atomic E-state index is 0.0194. The SMILES string of the molecule is COc1ccc(CC(=O)N2CCC(C(=O)NCc3ccccc3C)CC2)cc1. The van der Waals surface area contributed by atoms with Gasteiger partial charge < -0.3 is 15.0 Å². The van der Waals surface area contributed by atoms with Gasteiger partial charge in [-0.05, 0) is 48.6 Å². The highest BCUT2D eigenvalue weighted by Crippen LogP contribution is 2.19. The van der Waals surface area contributed by atoms with Crippen LogP contribution >= 0.6 is 0 Å². The van der Waals surface area contributed by atoms with E-state index in [-0.39, 0.29) is 17.7 Å². The Kier molecular flexibility index (Phi) is 6.69. The van der Waals surface area contributed by atoms with Gasteiger partial charge >= 0.3 is 0 Å². The lowest BCUT2D eigenvalue weighted by atomic mass is 9.95. The van der Waals surface area contributed by atoms with E-state index >= 15 is 0 Å². The van der Waals surface area contributed by atoms with Crippen molar-refractivity contribution in [3.63, 3.8) is 0 Å². The number of nitrogens with zero attached hydrogens (tertiary/aromatic N) is 1. The van der Waals surface area contributed by atoms with Gasteiger partial charge in [0.2, 0.25) is 11.8 Å². The van der Waals surface area contributed by atoms with Crippen molar-refractivity contribution in [2.75, 3.05) is 20.2 Å². The summed E-state index contributed by atoms with van der Waals surface area (Å²) in [6.07, 6.45) is 1.82. The Bertz CT molecular complexity index is 809. The smallest absolute Gasteiger partial charge is 0.226 e. The Balaban J connectivity index is 1.44. The van der Waals surface area contributed by atoms with Gasteiger partial charge in [0, 0.05) is 25.6 Å². The molecule has 28 heavy (non-hydrogen) atoms. The number of piperidine rings is 1. The van der Waals surface area contributed by atoms with Crippen LogP contribution < -0.4 is 10.1 Å². The second kappa shape index (κ2) is 9.40. The highest BCUT2D eigenvalue weighted by Gasteiger charge is 2.27. The fourth-order valence-corrected chi connectivity index (χ4v) is 3.56. The van der Waals surface area contributed by atoms with Crippen molar-refractivity contribution in [2.24, 2.45) is 5.92 Å². The number of carbonyl (C=O) groups excluding carboxylic acids is 2. The topological polar surface area (TPSA) is 58.6 Å². The van der Waals surface area contributed by atoms with E-state index in [4.69, 9.17) is 4.74 Å². The molecule has 2 aromatic carbocycles. The first-order valence-corrected chi connectivity index (χ1v) is 9.79. The number of nitrogens with one attached hydrogen (secondary N) is 1. The van der Waals surface area contributed by atoms with E-state index < -0.39 is 0 Å². The first-order valence-electron chi connectivity index (χ1n) is 9.79. The lowest BCUT2D eigenvalue weighted by molar-refractivity contribution is -0.135. The van der Waals surface area contributed by atoms with Gasteiger partial charge in [-0.15, -0.1) is 0 Å². The van der Waals surface area contributed by atoms with E-state index in [1.807, 2.05) is 47.4 Å². The lowest BCUT2D eigenvalue weighted by Gasteiger charge is -2.31. The van der Waals surface area contributed by atoms with Crippen LogP contribution in [-0.4, -0.2) is 36.9 Å². The number of ether oxygens (including phenoxy) is 1. The zero-order chi connectivity index (χ0) is 19.9. The van der Waals surface area contributed by atoms with E-state index in [9.17, 15) is 9.59 Å². The number of rotatable bonds is 6. The Labute approximate surface area is 166 Å². The number of benzene rings is 2. The Morgan fingerprint density at radius 2 is 1.75 bits per heavy atom.